The topological polar surface area (TPSA) is 50.3 Å². The highest BCUT2D eigenvalue weighted by molar-refractivity contribution is 6.29. The van der Waals surface area contributed by atoms with Crippen molar-refractivity contribution in [2.24, 2.45) is 0 Å². The number of nitrogens with one attached hydrogen (secondary N) is 1. The Kier molecular flexibility index (Phi) is 4.81. The molecule has 1 aromatic rings. The lowest BCUT2D eigenvalue weighted by atomic mass is 10.00. The normalized spacial score (nSPS) is 26.3. The third-order valence-corrected chi connectivity index (χ3v) is 4.83. The summed E-state index contributed by atoms with van der Waals surface area (Å²) >= 11 is 6.14. The summed E-state index contributed by atoms with van der Waals surface area (Å²) in [6.07, 6.45) is 2.89. The van der Waals surface area contributed by atoms with E-state index in [2.05, 4.69) is 47.9 Å². The molecule has 1 aliphatic carbocycles. The molecule has 1 saturated heterocycles. The van der Waals surface area contributed by atoms with Gasteiger partial charge in [-0.15, -0.1) is 0 Å². The zero-order valence-electron chi connectivity index (χ0n) is 14.5. The molecule has 0 radical (unpaired) electrons. The summed E-state index contributed by atoms with van der Waals surface area (Å²) in [5.74, 6) is 2.21. The second-order valence-corrected chi connectivity index (χ2v) is 7.92. The average Bonchev–Trinajstić information content (AvgIpc) is 3.28. The zero-order valence-corrected chi connectivity index (χ0v) is 15.2. The molecule has 1 aromatic heterocycles. The van der Waals surface area contributed by atoms with Gasteiger partial charge in [-0.2, -0.15) is 0 Å². The van der Waals surface area contributed by atoms with Gasteiger partial charge >= 0.3 is 0 Å². The van der Waals surface area contributed by atoms with Crippen molar-refractivity contribution in [3.8, 4) is 0 Å². The van der Waals surface area contributed by atoms with Crippen LogP contribution in [0.2, 0.25) is 5.15 Å². The maximum Gasteiger partial charge on any atom is 0.135 e. The van der Waals surface area contributed by atoms with Gasteiger partial charge in [0.05, 0.1) is 12.2 Å². The van der Waals surface area contributed by atoms with Crippen LogP contribution in [0.3, 0.4) is 0 Å². The van der Waals surface area contributed by atoms with Gasteiger partial charge in [-0.3, -0.25) is 4.90 Å². The smallest absolute Gasteiger partial charge is 0.135 e. The monoisotopic (exact) mass is 338 g/mol. The molecule has 6 heteroatoms. The molecule has 0 bridgehead atoms. The Labute approximate surface area is 143 Å². The van der Waals surface area contributed by atoms with Crippen molar-refractivity contribution in [1.82, 2.24) is 14.9 Å². The first-order chi connectivity index (χ1) is 10.8. The number of ether oxygens (including phenoxy) is 1. The van der Waals surface area contributed by atoms with Crippen LogP contribution < -0.4 is 5.32 Å². The predicted molar refractivity (Wildman–Crippen MR) is 93.2 cm³/mol. The third-order valence-electron chi connectivity index (χ3n) is 4.63. The lowest BCUT2D eigenvalue weighted by Gasteiger charge is -2.45. The minimum absolute atomic E-state index is 0.0173. The largest absolute Gasteiger partial charge is 0.373 e. The predicted octanol–water partition coefficient (Wildman–Crippen LogP) is 3.31. The molecule has 2 heterocycles. The van der Waals surface area contributed by atoms with Crippen LogP contribution in [-0.4, -0.2) is 52.2 Å². The Bertz CT molecular complexity index is 552. The van der Waals surface area contributed by atoms with E-state index in [0.717, 1.165) is 31.3 Å². The molecule has 1 aliphatic heterocycles. The summed E-state index contributed by atoms with van der Waals surface area (Å²) in [6, 6.07) is 1.81. The Balaban J connectivity index is 1.64. The van der Waals surface area contributed by atoms with Gasteiger partial charge in [0.25, 0.3) is 0 Å². The van der Waals surface area contributed by atoms with Crippen molar-refractivity contribution in [3.05, 3.63) is 17.0 Å². The molecule has 23 heavy (non-hydrogen) atoms. The molecule has 0 aromatic carbocycles. The van der Waals surface area contributed by atoms with Crippen LogP contribution in [0.4, 0.5) is 5.82 Å². The van der Waals surface area contributed by atoms with Gasteiger partial charge in [-0.25, -0.2) is 9.97 Å². The molecule has 2 atom stereocenters. The van der Waals surface area contributed by atoms with Crippen molar-refractivity contribution < 1.29 is 4.74 Å². The van der Waals surface area contributed by atoms with Crippen LogP contribution >= 0.6 is 11.6 Å². The zero-order chi connectivity index (χ0) is 16.6. The van der Waals surface area contributed by atoms with Crippen molar-refractivity contribution in [2.45, 2.75) is 64.2 Å². The first kappa shape index (κ1) is 16.9. The fourth-order valence-corrected chi connectivity index (χ4v) is 3.33. The molecule has 2 fully saturated rings. The number of aromatic nitrogens is 2. The Hall–Kier alpha value is -0.910. The third kappa shape index (κ3) is 4.34. The molecular formula is C17H27ClN4O. The van der Waals surface area contributed by atoms with Crippen LogP contribution in [0.15, 0.2) is 6.07 Å². The Morgan fingerprint density at radius 1 is 1.26 bits per heavy atom. The standard InChI is InChI=1S/C17H27ClN4O/c1-11-8-22(9-12(2)23-11)17(3,4)10-19-15-7-14(18)20-16(21-15)13-5-6-13/h7,11-13H,5-6,8-10H2,1-4H3,(H,19,20,21). The molecule has 128 valence electrons. The highest BCUT2D eigenvalue weighted by atomic mass is 35.5. The lowest BCUT2D eigenvalue weighted by molar-refractivity contribution is -0.0933. The van der Waals surface area contributed by atoms with Crippen LogP contribution in [0.5, 0.6) is 0 Å². The molecule has 0 amide bonds. The van der Waals surface area contributed by atoms with Gasteiger partial charge in [-0.1, -0.05) is 11.6 Å². The van der Waals surface area contributed by atoms with E-state index in [-0.39, 0.29) is 17.7 Å². The minimum atomic E-state index is 0.0173. The minimum Gasteiger partial charge on any atom is -0.373 e. The quantitative estimate of drug-likeness (QED) is 0.835. The molecule has 1 saturated carbocycles. The van der Waals surface area contributed by atoms with Crippen molar-refractivity contribution in [1.29, 1.82) is 0 Å². The average molecular weight is 339 g/mol. The molecule has 3 rings (SSSR count). The second kappa shape index (κ2) is 6.54. The first-order valence-electron chi connectivity index (χ1n) is 8.52. The van der Waals surface area contributed by atoms with Gasteiger partial charge in [0.2, 0.25) is 0 Å². The molecular weight excluding hydrogens is 312 g/mol. The molecule has 1 N–H and O–H groups in total. The number of hydrogen-bond donors (Lipinski definition) is 1. The number of anilines is 1. The molecule has 2 unspecified atom stereocenters. The maximum absolute atomic E-state index is 6.14. The summed E-state index contributed by atoms with van der Waals surface area (Å²) in [4.78, 5) is 11.5. The fraction of sp³-hybridized carbons (Fsp3) is 0.765. The van der Waals surface area contributed by atoms with Crippen molar-refractivity contribution in [3.63, 3.8) is 0 Å². The van der Waals surface area contributed by atoms with E-state index in [1.807, 2.05) is 6.07 Å². The molecule has 2 aliphatic rings. The van der Waals surface area contributed by atoms with Gasteiger partial charge in [-0.05, 0) is 40.5 Å². The van der Waals surface area contributed by atoms with Gasteiger partial charge in [0, 0.05) is 37.2 Å². The highest BCUT2D eigenvalue weighted by Gasteiger charge is 2.33. The summed E-state index contributed by atoms with van der Waals surface area (Å²) < 4.78 is 5.84. The Morgan fingerprint density at radius 3 is 2.52 bits per heavy atom. The van der Waals surface area contributed by atoms with Crippen LogP contribution in [0, 0.1) is 0 Å². The SMILES string of the molecule is CC1CN(C(C)(C)CNc2cc(Cl)nc(C3CC3)n2)CC(C)O1. The summed E-state index contributed by atoms with van der Waals surface area (Å²) in [5, 5.41) is 3.98. The summed E-state index contributed by atoms with van der Waals surface area (Å²) in [7, 11) is 0. The van der Waals surface area contributed by atoms with Crippen LogP contribution in [0.1, 0.15) is 52.3 Å². The number of morpholine rings is 1. The van der Waals surface area contributed by atoms with Crippen molar-refractivity contribution in [2.75, 3.05) is 25.0 Å². The van der Waals surface area contributed by atoms with E-state index < -0.39 is 0 Å². The second-order valence-electron chi connectivity index (χ2n) is 7.54. The Morgan fingerprint density at radius 2 is 1.91 bits per heavy atom. The van der Waals surface area contributed by atoms with Crippen molar-refractivity contribution >= 4 is 17.4 Å². The molecule has 0 spiro atoms. The number of nitrogens with zero attached hydrogens (tertiary/aromatic N) is 3. The number of rotatable bonds is 5. The summed E-state index contributed by atoms with van der Waals surface area (Å²) in [6.45, 7) is 11.5. The van der Waals surface area contributed by atoms with E-state index in [0.29, 0.717) is 11.1 Å². The van der Waals surface area contributed by atoms with Gasteiger partial charge in [0.15, 0.2) is 0 Å². The van der Waals surface area contributed by atoms with Crippen LogP contribution in [-0.2, 0) is 4.74 Å². The van der Waals surface area contributed by atoms with E-state index in [9.17, 15) is 0 Å². The molecule has 5 nitrogen and oxygen atoms in total. The van der Waals surface area contributed by atoms with E-state index in [1.54, 1.807) is 0 Å². The highest BCUT2D eigenvalue weighted by Crippen LogP contribution is 2.38. The first-order valence-corrected chi connectivity index (χ1v) is 8.90. The van der Waals surface area contributed by atoms with E-state index in [1.165, 1.54) is 12.8 Å². The van der Waals surface area contributed by atoms with Gasteiger partial charge in [0.1, 0.15) is 16.8 Å². The van der Waals surface area contributed by atoms with E-state index >= 15 is 0 Å². The summed E-state index contributed by atoms with van der Waals surface area (Å²) in [5.41, 5.74) is 0.0173. The fourth-order valence-electron chi connectivity index (χ4n) is 3.14. The number of hydrogen-bond acceptors (Lipinski definition) is 5. The lowest BCUT2D eigenvalue weighted by Crippen LogP contribution is -2.57. The van der Waals surface area contributed by atoms with Gasteiger partial charge < -0.3 is 10.1 Å². The van der Waals surface area contributed by atoms with Crippen LogP contribution in [0.25, 0.3) is 0 Å². The number of halogens is 1. The maximum atomic E-state index is 6.14. The van der Waals surface area contributed by atoms with E-state index in [4.69, 9.17) is 16.3 Å².